The minimum absolute atomic E-state index is 0.131. The van der Waals surface area contributed by atoms with Gasteiger partial charge in [0.1, 0.15) is 6.04 Å². The summed E-state index contributed by atoms with van der Waals surface area (Å²) < 4.78 is 1.01. The molecule has 2 amide bonds. The van der Waals surface area contributed by atoms with Crippen molar-refractivity contribution in [2.24, 2.45) is 0 Å². The van der Waals surface area contributed by atoms with Crippen LogP contribution in [0.3, 0.4) is 0 Å². The van der Waals surface area contributed by atoms with Crippen LogP contribution in [0.15, 0.2) is 28.7 Å². The van der Waals surface area contributed by atoms with Gasteiger partial charge in [-0.2, -0.15) is 0 Å². The van der Waals surface area contributed by atoms with Crippen LogP contribution in [0.1, 0.15) is 5.56 Å². The summed E-state index contributed by atoms with van der Waals surface area (Å²) in [6.45, 7) is 0.475. The molecule has 90 valence electrons. The van der Waals surface area contributed by atoms with Crippen molar-refractivity contribution in [1.82, 2.24) is 10.6 Å². The van der Waals surface area contributed by atoms with Crippen LogP contribution in [-0.4, -0.2) is 22.9 Å². The lowest BCUT2D eigenvalue weighted by Crippen LogP contribution is -2.42. The molecule has 0 radical (unpaired) electrons. The number of carbonyl (C=O) groups excluding carboxylic acids is 2. The highest BCUT2D eigenvalue weighted by atomic mass is 79.9. The highest BCUT2D eigenvalue weighted by Crippen LogP contribution is 2.13. The van der Waals surface area contributed by atoms with E-state index in [1.807, 2.05) is 24.3 Å². The van der Waals surface area contributed by atoms with Crippen molar-refractivity contribution < 1.29 is 9.59 Å². The fraction of sp³-hybridized carbons (Fsp3) is 0.273. The van der Waals surface area contributed by atoms with Crippen LogP contribution < -0.4 is 10.6 Å². The van der Waals surface area contributed by atoms with Gasteiger partial charge >= 0.3 is 0 Å². The average Bonchev–Trinajstić information content (AvgIpc) is 2.75. The molecule has 2 N–H and O–H groups in total. The Morgan fingerprint density at radius 2 is 2.18 bits per heavy atom. The first-order valence-corrected chi connectivity index (χ1v) is 6.88. The highest BCUT2D eigenvalue weighted by Gasteiger charge is 2.27. The van der Waals surface area contributed by atoms with Crippen LogP contribution in [-0.2, 0) is 11.3 Å². The molecule has 0 aliphatic carbocycles. The molecule has 1 heterocycles. The standard InChI is InChI=1S/C11H11BrN2O2S/c12-8-3-1-7(2-4-8)5-13-10(15)9-6-17-11(16)14-9/h1-4,9H,5-6H2,(H,13,15)(H,14,16). The average molecular weight is 315 g/mol. The van der Waals surface area contributed by atoms with Gasteiger partial charge in [0.25, 0.3) is 5.24 Å². The molecular weight excluding hydrogens is 304 g/mol. The lowest BCUT2D eigenvalue weighted by atomic mass is 10.2. The van der Waals surface area contributed by atoms with Crippen LogP contribution in [0.5, 0.6) is 0 Å². The molecule has 1 saturated heterocycles. The zero-order valence-corrected chi connectivity index (χ0v) is 11.3. The monoisotopic (exact) mass is 314 g/mol. The van der Waals surface area contributed by atoms with Crippen molar-refractivity contribution >= 4 is 38.8 Å². The van der Waals surface area contributed by atoms with Crippen LogP contribution in [0.2, 0.25) is 0 Å². The smallest absolute Gasteiger partial charge is 0.279 e. The highest BCUT2D eigenvalue weighted by molar-refractivity contribution is 9.10. The third kappa shape index (κ3) is 3.47. The normalized spacial score (nSPS) is 18.9. The van der Waals surface area contributed by atoms with Gasteiger partial charge in [0, 0.05) is 16.8 Å². The maximum atomic E-state index is 11.7. The van der Waals surface area contributed by atoms with Gasteiger partial charge in [-0.15, -0.1) is 0 Å². The number of nitrogens with one attached hydrogen (secondary N) is 2. The first-order chi connectivity index (χ1) is 8.15. The molecule has 0 bridgehead atoms. The Balaban J connectivity index is 1.84. The maximum Gasteiger partial charge on any atom is 0.279 e. The summed E-state index contributed by atoms with van der Waals surface area (Å²) in [6.07, 6.45) is 0. The van der Waals surface area contributed by atoms with Gasteiger partial charge < -0.3 is 10.6 Å². The second-order valence-electron chi connectivity index (χ2n) is 3.64. The van der Waals surface area contributed by atoms with E-state index in [4.69, 9.17) is 0 Å². The van der Waals surface area contributed by atoms with E-state index in [2.05, 4.69) is 26.6 Å². The van der Waals surface area contributed by atoms with Gasteiger partial charge in [0.15, 0.2) is 0 Å². The molecule has 2 rings (SSSR count). The van der Waals surface area contributed by atoms with Crippen molar-refractivity contribution in [3.8, 4) is 0 Å². The minimum atomic E-state index is -0.400. The minimum Gasteiger partial charge on any atom is -0.350 e. The van der Waals surface area contributed by atoms with E-state index in [-0.39, 0.29) is 11.1 Å². The van der Waals surface area contributed by atoms with Crippen LogP contribution >= 0.6 is 27.7 Å². The quantitative estimate of drug-likeness (QED) is 0.895. The topological polar surface area (TPSA) is 58.2 Å². The maximum absolute atomic E-state index is 11.7. The van der Waals surface area contributed by atoms with Crippen LogP contribution in [0.4, 0.5) is 4.79 Å². The Kier molecular flexibility index (Phi) is 4.06. The number of hydrogen-bond acceptors (Lipinski definition) is 3. The molecule has 1 aromatic rings. The van der Waals surface area contributed by atoms with Gasteiger partial charge in [-0.05, 0) is 17.7 Å². The number of amides is 2. The molecule has 1 aromatic carbocycles. The largest absolute Gasteiger partial charge is 0.350 e. The summed E-state index contributed by atoms with van der Waals surface area (Å²) in [5.74, 6) is 0.372. The molecule has 1 aliphatic rings. The lowest BCUT2D eigenvalue weighted by molar-refractivity contribution is -0.122. The Morgan fingerprint density at radius 1 is 1.47 bits per heavy atom. The molecule has 0 aromatic heterocycles. The first-order valence-electron chi connectivity index (χ1n) is 5.10. The summed E-state index contributed by atoms with van der Waals surface area (Å²) in [7, 11) is 0. The van der Waals surface area contributed by atoms with E-state index in [0.717, 1.165) is 21.8 Å². The second-order valence-corrected chi connectivity index (χ2v) is 5.55. The SMILES string of the molecule is O=C1NC(C(=O)NCc2ccc(Br)cc2)CS1. The molecule has 1 unspecified atom stereocenters. The molecule has 0 saturated carbocycles. The van der Waals surface area contributed by atoms with Gasteiger partial charge in [-0.3, -0.25) is 9.59 Å². The van der Waals surface area contributed by atoms with Crippen LogP contribution in [0, 0.1) is 0 Å². The molecule has 6 heteroatoms. The summed E-state index contributed by atoms with van der Waals surface area (Å²) in [6, 6.07) is 7.32. The van der Waals surface area contributed by atoms with Gasteiger partial charge in [0.05, 0.1) is 0 Å². The van der Waals surface area contributed by atoms with Gasteiger partial charge in [-0.25, -0.2) is 0 Å². The van der Waals surface area contributed by atoms with Crippen molar-refractivity contribution in [1.29, 1.82) is 0 Å². The molecule has 0 spiro atoms. The first kappa shape index (κ1) is 12.4. The van der Waals surface area contributed by atoms with Gasteiger partial charge in [-0.1, -0.05) is 39.8 Å². The van der Waals surface area contributed by atoms with E-state index < -0.39 is 6.04 Å². The number of thioether (sulfide) groups is 1. The zero-order valence-electron chi connectivity index (χ0n) is 8.90. The number of hydrogen-bond donors (Lipinski definition) is 2. The second kappa shape index (κ2) is 5.55. The Morgan fingerprint density at radius 3 is 2.76 bits per heavy atom. The lowest BCUT2D eigenvalue weighted by Gasteiger charge is -2.10. The number of halogens is 1. The third-order valence-corrected chi connectivity index (χ3v) is 3.78. The molecular formula is C11H11BrN2O2S. The predicted octanol–water partition coefficient (Wildman–Crippen LogP) is 1.89. The summed E-state index contributed by atoms with van der Waals surface area (Å²) >= 11 is 4.49. The molecule has 1 fully saturated rings. The zero-order chi connectivity index (χ0) is 12.3. The van der Waals surface area contributed by atoms with Crippen molar-refractivity contribution in [2.45, 2.75) is 12.6 Å². The molecule has 17 heavy (non-hydrogen) atoms. The Labute approximate surface area is 112 Å². The number of benzene rings is 1. The van der Waals surface area contributed by atoms with E-state index in [0.29, 0.717) is 12.3 Å². The van der Waals surface area contributed by atoms with Crippen molar-refractivity contribution in [3.63, 3.8) is 0 Å². The van der Waals surface area contributed by atoms with Crippen LogP contribution in [0.25, 0.3) is 0 Å². The summed E-state index contributed by atoms with van der Waals surface area (Å²) in [5, 5.41) is 5.27. The van der Waals surface area contributed by atoms with E-state index in [9.17, 15) is 9.59 Å². The van der Waals surface area contributed by atoms with Crippen molar-refractivity contribution in [3.05, 3.63) is 34.3 Å². The van der Waals surface area contributed by atoms with E-state index >= 15 is 0 Å². The van der Waals surface area contributed by atoms with Crippen molar-refractivity contribution in [2.75, 3.05) is 5.75 Å². The fourth-order valence-electron chi connectivity index (χ4n) is 1.44. The Bertz CT molecular complexity index is 436. The summed E-state index contributed by atoms with van der Waals surface area (Å²) in [5.41, 5.74) is 1.03. The number of rotatable bonds is 3. The van der Waals surface area contributed by atoms with Gasteiger partial charge in [0.2, 0.25) is 5.91 Å². The molecule has 4 nitrogen and oxygen atoms in total. The van der Waals surface area contributed by atoms with E-state index in [1.165, 1.54) is 0 Å². The number of carbonyl (C=O) groups is 2. The molecule has 1 atom stereocenters. The summed E-state index contributed by atoms with van der Waals surface area (Å²) in [4.78, 5) is 22.6. The Hall–Kier alpha value is -1.01. The third-order valence-electron chi connectivity index (χ3n) is 2.37. The van der Waals surface area contributed by atoms with E-state index in [1.54, 1.807) is 0 Å². The molecule has 1 aliphatic heterocycles. The predicted molar refractivity (Wildman–Crippen MR) is 70.8 cm³/mol. The fourth-order valence-corrected chi connectivity index (χ4v) is 2.48.